The van der Waals surface area contributed by atoms with Gasteiger partial charge in [-0.15, -0.1) is 0 Å². The van der Waals surface area contributed by atoms with Crippen molar-refractivity contribution in [3.05, 3.63) is 42.7 Å². The van der Waals surface area contributed by atoms with Crippen molar-refractivity contribution in [1.29, 1.82) is 0 Å². The van der Waals surface area contributed by atoms with Gasteiger partial charge in [0.2, 0.25) is 0 Å². The molecule has 1 rings (SSSR count). The number of phenols is 1. The predicted octanol–water partition coefficient (Wildman–Crippen LogP) is 3.27. The molecular weight excluding hydrogens is 188 g/mol. The number of para-hydroxylation sites is 1. The highest BCUT2D eigenvalue weighted by molar-refractivity contribution is 5.31. The molecule has 0 spiro atoms. The molecule has 0 aliphatic heterocycles. The Labute approximate surface area is 91.2 Å². The highest BCUT2D eigenvalue weighted by atomic mass is 16.5. The molecule has 0 saturated carbocycles. The maximum Gasteiger partial charge on any atom is 0.118 e. The molecule has 0 amide bonds. The van der Waals surface area contributed by atoms with E-state index in [0.717, 1.165) is 37.9 Å². The third-order valence-corrected chi connectivity index (χ3v) is 2.32. The molecule has 0 heterocycles. The Kier molecular flexibility index (Phi) is 5.38. The number of aromatic hydroxyl groups is 1. The standard InChI is InChI=1S/C13H18O2/c1-2-15-11-7-3-4-8-12-9-5-6-10-13(12)14/h2,5-6,9-10,14H,1,3-4,7-8,11H2. The SMILES string of the molecule is C=COCCCCCc1ccccc1O. The van der Waals surface area contributed by atoms with Gasteiger partial charge in [-0.1, -0.05) is 24.8 Å². The maximum atomic E-state index is 9.51. The molecule has 0 fully saturated rings. The van der Waals surface area contributed by atoms with Crippen LogP contribution in [0.1, 0.15) is 24.8 Å². The summed E-state index contributed by atoms with van der Waals surface area (Å²) in [5, 5.41) is 9.51. The average molecular weight is 206 g/mol. The van der Waals surface area contributed by atoms with Crippen LogP contribution in [0.4, 0.5) is 0 Å². The smallest absolute Gasteiger partial charge is 0.118 e. The third-order valence-electron chi connectivity index (χ3n) is 2.32. The molecule has 0 bridgehead atoms. The van der Waals surface area contributed by atoms with E-state index in [1.807, 2.05) is 18.2 Å². The number of hydrogen-bond acceptors (Lipinski definition) is 2. The number of unbranched alkanes of at least 4 members (excludes halogenated alkanes) is 2. The van der Waals surface area contributed by atoms with Crippen LogP contribution < -0.4 is 0 Å². The largest absolute Gasteiger partial charge is 0.508 e. The number of phenolic OH excluding ortho intramolecular Hbond substituents is 1. The average Bonchev–Trinajstić information content (AvgIpc) is 2.25. The Balaban J connectivity index is 2.15. The Morgan fingerprint density at radius 1 is 1.20 bits per heavy atom. The number of rotatable bonds is 7. The third kappa shape index (κ3) is 4.54. The van der Waals surface area contributed by atoms with Crippen LogP contribution in [0, 0.1) is 0 Å². The summed E-state index contributed by atoms with van der Waals surface area (Å²) in [6, 6.07) is 7.50. The van der Waals surface area contributed by atoms with E-state index in [1.165, 1.54) is 6.26 Å². The van der Waals surface area contributed by atoms with Crippen molar-refractivity contribution in [2.45, 2.75) is 25.7 Å². The highest BCUT2D eigenvalue weighted by Crippen LogP contribution is 2.18. The van der Waals surface area contributed by atoms with Crippen LogP contribution in [0.2, 0.25) is 0 Å². The maximum absolute atomic E-state index is 9.51. The van der Waals surface area contributed by atoms with Gasteiger partial charge in [-0.25, -0.2) is 0 Å². The van der Waals surface area contributed by atoms with Crippen molar-refractivity contribution in [3.8, 4) is 5.75 Å². The lowest BCUT2D eigenvalue weighted by molar-refractivity contribution is 0.242. The van der Waals surface area contributed by atoms with Gasteiger partial charge in [-0.05, 0) is 37.3 Å². The van der Waals surface area contributed by atoms with Crippen molar-refractivity contribution >= 4 is 0 Å². The summed E-state index contributed by atoms with van der Waals surface area (Å²) in [7, 11) is 0. The fourth-order valence-electron chi connectivity index (χ4n) is 1.48. The molecule has 2 heteroatoms. The lowest BCUT2D eigenvalue weighted by Crippen LogP contribution is -1.90. The Hall–Kier alpha value is -1.44. The van der Waals surface area contributed by atoms with Gasteiger partial charge in [-0.3, -0.25) is 0 Å². The molecule has 82 valence electrons. The van der Waals surface area contributed by atoms with Crippen molar-refractivity contribution in [3.63, 3.8) is 0 Å². The van der Waals surface area contributed by atoms with Crippen molar-refractivity contribution < 1.29 is 9.84 Å². The summed E-state index contributed by atoms with van der Waals surface area (Å²) >= 11 is 0. The van der Waals surface area contributed by atoms with Gasteiger partial charge in [0, 0.05) is 0 Å². The summed E-state index contributed by atoms with van der Waals surface area (Å²) in [6.07, 6.45) is 5.64. The number of benzene rings is 1. The Bertz CT molecular complexity index is 294. The monoisotopic (exact) mass is 206 g/mol. The number of hydrogen-bond donors (Lipinski definition) is 1. The van der Waals surface area contributed by atoms with Crippen LogP contribution in [-0.4, -0.2) is 11.7 Å². The van der Waals surface area contributed by atoms with E-state index >= 15 is 0 Å². The van der Waals surface area contributed by atoms with Crippen LogP contribution in [0.25, 0.3) is 0 Å². The minimum absolute atomic E-state index is 0.403. The lowest BCUT2D eigenvalue weighted by atomic mass is 10.1. The van der Waals surface area contributed by atoms with Gasteiger partial charge >= 0.3 is 0 Å². The molecule has 0 aliphatic rings. The van der Waals surface area contributed by atoms with Gasteiger partial charge in [0.25, 0.3) is 0 Å². The van der Waals surface area contributed by atoms with E-state index in [4.69, 9.17) is 4.74 Å². The zero-order chi connectivity index (χ0) is 10.9. The molecule has 0 saturated heterocycles. The molecule has 0 aliphatic carbocycles. The molecule has 2 nitrogen and oxygen atoms in total. The van der Waals surface area contributed by atoms with Crippen LogP contribution in [-0.2, 0) is 11.2 Å². The van der Waals surface area contributed by atoms with E-state index in [9.17, 15) is 5.11 Å². The van der Waals surface area contributed by atoms with Crippen molar-refractivity contribution in [2.24, 2.45) is 0 Å². The fourth-order valence-corrected chi connectivity index (χ4v) is 1.48. The molecule has 15 heavy (non-hydrogen) atoms. The second-order valence-corrected chi connectivity index (χ2v) is 3.48. The fraction of sp³-hybridized carbons (Fsp3) is 0.385. The second-order valence-electron chi connectivity index (χ2n) is 3.48. The predicted molar refractivity (Wildman–Crippen MR) is 61.8 cm³/mol. The van der Waals surface area contributed by atoms with Crippen molar-refractivity contribution in [1.82, 2.24) is 0 Å². The normalized spacial score (nSPS) is 9.87. The molecule has 1 N–H and O–H groups in total. The van der Waals surface area contributed by atoms with Crippen LogP contribution in [0.5, 0.6) is 5.75 Å². The Morgan fingerprint density at radius 2 is 2.00 bits per heavy atom. The van der Waals surface area contributed by atoms with E-state index in [1.54, 1.807) is 6.07 Å². The number of aryl methyl sites for hydroxylation is 1. The van der Waals surface area contributed by atoms with E-state index in [-0.39, 0.29) is 0 Å². The van der Waals surface area contributed by atoms with Gasteiger partial charge in [0.1, 0.15) is 5.75 Å². The van der Waals surface area contributed by atoms with Gasteiger partial charge in [-0.2, -0.15) is 0 Å². The summed E-state index contributed by atoms with van der Waals surface area (Å²) in [5.41, 5.74) is 1.03. The van der Waals surface area contributed by atoms with E-state index < -0.39 is 0 Å². The molecule has 1 aromatic rings. The first kappa shape index (κ1) is 11.6. The van der Waals surface area contributed by atoms with Gasteiger partial charge < -0.3 is 9.84 Å². The molecule has 0 unspecified atom stereocenters. The summed E-state index contributed by atoms with van der Waals surface area (Å²) in [4.78, 5) is 0. The highest BCUT2D eigenvalue weighted by Gasteiger charge is 1.98. The molecule has 0 atom stereocenters. The topological polar surface area (TPSA) is 29.5 Å². The minimum Gasteiger partial charge on any atom is -0.508 e. The van der Waals surface area contributed by atoms with Crippen LogP contribution in [0.15, 0.2) is 37.1 Å². The van der Waals surface area contributed by atoms with E-state index in [0.29, 0.717) is 5.75 Å². The van der Waals surface area contributed by atoms with Crippen molar-refractivity contribution in [2.75, 3.05) is 6.61 Å². The molecular formula is C13H18O2. The Morgan fingerprint density at radius 3 is 2.73 bits per heavy atom. The van der Waals surface area contributed by atoms with Gasteiger partial charge in [0.15, 0.2) is 0 Å². The van der Waals surface area contributed by atoms with Gasteiger partial charge in [0.05, 0.1) is 12.9 Å². The molecule has 0 aromatic heterocycles. The molecule has 0 radical (unpaired) electrons. The first-order valence-corrected chi connectivity index (χ1v) is 5.34. The summed E-state index contributed by atoms with van der Waals surface area (Å²) in [6.45, 7) is 4.22. The number of ether oxygens (including phenoxy) is 1. The van der Waals surface area contributed by atoms with E-state index in [2.05, 4.69) is 6.58 Å². The molecule has 1 aromatic carbocycles. The summed E-state index contributed by atoms with van der Waals surface area (Å²) in [5.74, 6) is 0.403. The van der Waals surface area contributed by atoms with Crippen LogP contribution in [0.3, 0.4) is 0 Å². The summed E-state index contributed by atoms with van der Waals surface area (Å²) < 4.78 is 5.02. The minimum atomic E-state index is 0.403. The quantitative estimate of drug-likeness (QED) is 0.548. The zero-order valence-electron chi connectivity index (χ0n) is 8.98. The first-order valence-electron chi connectivity index (χ1n) is 5.34. The zero-order valence-corrected chi connectivity index (χ0v) is 8.98. The van der Waals surface area contributed by atoms with Crippen LogP contribution >= 0.6 is 0 Å². The lowest BCUT2D eigenvalue weighted by Gasteiger charge is -2.04. The first-order chi connectivity index (χ1) is 7.34. The second kappa shape index (κ2) is 6.93.